The van der Waals surface area contributed by atoms with Crippen LogP contribution in [0, 0.1) is 11.7 Å². The summed E-state index contributed by atoms with van der Waals surface area (Å²) in [6, 6.07) is 4.29. The molecule has 0 bridgehead atoms. The van der Waals surface area contributed by atoms with Crippen molar-refractivity contribution in [2.75, 3.05) is 19.8 Å². The Kier molecular flexibility index (Phi) is 5.36. The minimum absolute atomic E-state index is 0.114. The highest BCUT2D eigenvalue weighted by Gasteiger charge is 2.40. The Morgan fingerprint density at radius 2 is 2.04 bits per heavy atom. The van der Waals surface area contributed by atoms with Gasteiger partial charge in [0.1, 0.15) is 11.7 Å². The molecule has 0 saturated carbocycles. The van der Waals surface area contributed by atoms with Gasteiger partial charge in [0.25, 0.3) is 0 Å². The van der Waals surface area contributed by atoms with Crippen LogP contribution in [0.1, 0.15) is 24.8 Å². The fourth-order valence-corrected chi connectivity index (χ4v) is 3.57. The van der Waals surface area contributed by atoms with Gasteiger partial charge < -0.3 is 15.0 Å². The van der Waals surface area contributed by atoms with Crippen LogP contribution in [0.2, 0.25) is 5.02 Å². The number of rotatable bonds is 4. The van der Waals surface area contributed by atoms with Crippen molar-refractivity contribution in [3.8, 4) is 0 Å². The largest absolute Gasteiger partial charge is 0.381 e. The molecule has 1 aromatic carbocycles. The van der Waals surface area contributed by atoms with Gasteiger partial charge in [-0.2, -0.15) is 0 Å². The van der Waals surface area contributed by atoms with Crippen LogP contribution in [0.15, 0.2) is 18.2 Å². The molecule has 7 heteroatoms. The number of hydrogen-bond acceptors (Lipinski definition) is 3. The Balaban J connectivity index is 1.56. The molecule has 0 aromatic heterocycles. The molecule has 1 N–H and O–H groups in total. The molecule has 2 saturated heterocycles. The van der Waals surface area contributed by atoms with Gasteiger partial charge in [-0.3, -0.25) is 9.59 Å². The van der Waals surface area contributed by atoms with Crippen LogP contribution in [0.5, 0.6) is 0 Å². The summed E-state index contributed by atoms with van der Waals surface area (Å²) in [6.45, 7) is 2.07. The fourth-order valence-electron chi connectivity index (χ4n) is 3.33. The van der Waals surface area contributed by atoms with Gasteiger partial charge in [0.05, 0.1) is 0 Å². The van der Waals surface area contributed by atoms with Crippen molar-refractivity contribution in [2.24, 2.45) is 5.92 Å². The number of carbonyl (C=O) groups is 2. The van der Waals surface area contributed by atoms with E-state index in [0.29, 0.717) is 31.7 Å². The minimum atomic E-state index is -0.656. The zero-order chi connectivity index (χ0) is 17.1. The molecule has 2 amide bonds. The van der Waals surface area contributed by atoms with E-state index < -0.39 is 11.7 Å². The van der Waals surface area contributed by atoms with Gasteiger partial charge in [0.2, 0.25) is 11.8 Å². The Morgan fingerprint density at radius 3 is 2.75 bits per heavy atom. The van der Waals surface area contributed by atoms with E-state index in [1.807, 2.05) is 4.90 Å². The molecule has 2 heterocycles. The second-order valence-electron chi connectivity index (χ2n) is 6.21. The van der Waals surface area contributed by atoms with Gasteiger partial charge in [-0.15, -0.1) is 0 Å². The van der Waals surface area contributed by atoms with E-state index in [0.717, 1.165) is 12.8 Å². The van der Waals surface area contributed by atoms with Gasteiger partial charge >= 0.3 is 0 Å². The maximum Gasteiger partial charge on any atom is 0.235 e. The third kappa shape index (κ3) is 3.87. The van der Waals surface area contributed by atoms with Crippen molar-refractivity contribution in [1.82, 2.24) is 10.2 Å². The summed E-state index contributed by atoms with van der Waals surface area (Å²) in [5, 5.41) is 2.99. The first kappa shape index (κ1) is 17.2. The molecule has 0 spiro atoms. The molecule has 2 fully saturated rings. The van der Waals surface area contributed by atoms with Crippen molar-refractivity contribution in [3.63, 3.8) is 0 Å². The summed E-state index contributed by atoms with van der Waals surface area (Å²) in [7, 11) is 0. The molecule has 5 nitrogen and oxygen atoms in total. The SMILES string of the molecule is O=C(NCc1cc(F)cc(Cl)c1)C1CCN(C2CCOCC2)C1=O. The molecule has 1 unspecified atom stereocenters. The highest BCUT2D eigenvalue weighted by molar-refractivity contribution is 6.30. The molecular formula is C17H20ClFN2O3. The number of carbonyl (C=O) groups excluding carboxylic acids is 2. The molecule has 1 aromatic rings. The van der Waals surface area contributed by atoms with Crippen molar-refractivity contribution in [1.29, 1.82) is 0 Å². The Hall–Kier alpha value is -1.66. The lowest BCUT2D eigenvalue weighted by molar-refractivity contribution is -0.140. The van der Waals surface area contributed by atoms with Crippen LogP contribution in [0.4, 0.5) is 4.39 Å². The minimum Gasteiger partial charge on any atom is -0.381 e. The molecule has 1 atom stereocenters. The highest BCUT2D eigenvalue weighted by Crippen LogP contribution is 2.25. The average molecular weight is 355 g/mol. The molecule has 0 radical (unpaired) electrons. The van der Waals surface area contributed by atoms with Crippen LogP contribution in [-0.2, 0) is 20.9 Å². The van der Waals surface area contributed by atoms with E-state index in [1.165, 1.54) is 12.1 Å². The number of halogens is 2. The second-order valence-corrected chi connectivity index (χ2v) is 6.65. The van der Waals surface area contributed by atoms with E-state index in [2.05, 4.69) is 5.32 Å². The average Bonchev–Trinajstić information content (AvgIpc) is 2.94. The number of amides is 2. The van der Waals surface area contributed by atoms with Crippen LogP contribution in [0.3, 0.4) is 0 Å². The second kappa shape index (κ2) is 7.49. The van der Waals surface area contributed by atoms with Crippen molar-refractivity contribution in [2.45, 2.75) is 31.8 Å². The predicted octanol–water partition coefficient (Wildman–Crippen LogP) is 2.12. The molecule has 130 valence electrons. The van der Waals surface area contributed by atoms with E-state index in [9.17, 15) is 14.0 Å². The number of nitrogens with zero attached hydrogens (tertiary/aromatic N) is 1. The first-order valence-corrected chi connectivity index (χ1v) is 8.53. The van der Waals surface area contributed by atoms with Crippen LogP contribution < -0.4 is 5.32 Å². The quantitative estimate of drug-likeness (QED) is 0.843. The lowest BCUT2D eigenvalue weighted by Crippen LogP contribution is -2.43. The van der Waals surface area contributed by atoms with E-state index in [4.69, 9.17) is 16.3 Å². The summed E-state index contributed by atoms with van der Waals surface area (Å²) in [5.41, 5.74) is 0.570. The maximum absolute atomic E-state index is 13.3. The molecule has 0 aliphatic carbocycles. The number of benzene rings is 1. The smallest absolute Gasteiger partial charge is 0.235 e. The molecular weight excluding hydrogens is 335 g/mol. The zero-order valence-corrected chi connectivity index (χ0v) is 14.0. The monoisotopic (exact) mass is 354 g/mol. The maximum atomic E-state index is 13.3. The van der Waals surface area contributed by atoms with Gasteiger partial charge in [-0.1, -0.05) is 11.6 Å². The number of hydrogen-bond donors (Lipinski definition) is 1. The topological polar surface area (TPSA) is 58.6 Å². The molecule has 24 heavy (non-hydrogen) atoms. The van der Waals surface area contributed by atoms with E-state index in [-0.39, 0.29) is 29.4 Å². The number of ether oxygens (including phenoxy) is 1. The van der Waals surface area contributed by atoms with Crippen LogP contribution in [-0.4, -0.2) is 42.5 Å². The summed E-state index contributed by atoms with van der Waals surface area (Å²) in [5.74, 6) is -1.53. The van der Waals surface area contributed by atoms with Gasteiger partial charge in [0.15, 0.2) is 0 Å². The van der Waals surface area contributed by atoms with Crippen molar-refractivity contribution in [3.05, 3.63) is 34.6 Å². The van der Waals surface area contributed by atoms with Gasteiger partial charge in [-0.05, 0) is 43.0 Å². The summed E-state index contributed by atoms with van der Waals surface area (Å²) < 4.78 is 18.6. The van der Waals surface area contributed by atoms with Gasteiger partial charge in [0, 0.05) is 37.4 Å². The predicted molar refractivity (Wildman–Crippen MR) is 86.9 cm³/mol. The molecule has 2 aliphatic rings. The van der Waals surface area contributed by atoms with Crippen LogP contribution in [0.25, 0.3) is 0 Å². The lowest BCUT2D eigenvalue weighted by atomic mass is 10.1. The van der Waals surface area contributed by atoms with E-state index in [1.54, 1.807) is 6.07 Å². The molecule has 3 rings (SSSR count). The van der Waals surface area contributed by atoms with Crippen molar-refractivity contribution >= 4 is 23.4 Å². The summed E-state index contributed by atoms with van der Waals surface area (Å²) >= 11 is 5.80. The Morgan fingerprint density at radius 1 is 1.29 bits per heavy atom. The number of nitrogens with one attached hydrogen (secondary N) is 1. The Labute approximate surface area is 145 Å². The van der Waals surface area contributed by atoms with Crippen LogP contribution >= 0.6 is 11.6 Å². The molecule has 2 aliphatic heterocycles. The third-order valence-corrected chi connectivity index (χ3v) is 4.80. The highest BCUT2D eigenvalue weighted by atomic mass is 35.5. The zero-order valence-electron chi connectivity index (χ0n) is 13.3. The first-order valence-electron chi connectivity index (χ1n) is 8.15. The fraction of sp³-hybridized carbons (Fsp3) is 0.529. The Bertz CT molecular complexity index is 614. The number of likely N-dealkylation sites (tertiary alicyclic amines) is 1. The standard InChI is InChI=1S/C17H20ClFN2O3/c18-12-7-11(8-13(19)9-12)10-20-16(22)15-1-4-21(17(15)23)14-2-5-24-6-3-14/h7-9,14-15H,1-6,10H2,(H,20,22). The van der Waals surface area contributed by atoms with E-state index >= 15 is 0 Å². The normalized spacial score (nSPS) is 22.0. The third-order valence-electron chi connectivity index (χ3n) is 4.58. The lowest BCUT2D eigenvalue weighted by Gasteiger charge is -2.31. The summed E-state index contributed by atoms with van der Waals surface area (Å²) in [4.78, 5) is 26.6. The van der Waals surface area contributed by atoms with Crippen molar-refractivity contribution < 1.29 is 18.7 Å². The summed E-state index contributed by atoms with van der Waals surface area (Å²) in [6.07, 6.45) is 2.16. The first-order chi connectivity index (χ1) is 11.5. The van der Waals surface area contributed by atoms with Gasteiger partial charge in [-0.25, -0.2) is 4.39 Å².